The number of hydrogen-bond donors (Lipinski definition) is 3. The van der Waals surface area contributed by atoms with Crippen LogP contribution in [0.5, 0.6) is 5.88 Å². The second-order valence-corrected chi connectivity index (χ2v) is 13.4. The van der Waals surface area contributed by atoms with Crippen LogP contribution in [0, 0.1) is 18.7 Å². The topological polar surface area (TPSA) is 144 Å². The van der Waals surface area contributed by atoms with Crippen LogP contribution in [0.3, 0.4) is 0 Å². The fourth-order valence-electron chi connectivity index (χ4n) is 5.02. The van der Waals surface area contributed by atoms with Crippen molar-refractivity contribution in [3.8, 4) is 17.0 Å². The number of urea groups is 1. The van der Waals surface area contributed by atoms with E-state index in [2.05, 4.69) is 25.9 Å². The molecule has 12 nitrogen and oxygen atoms in total. The van der Waals surface area contributed by atoms with Crippen LogP contribution in [0.15, 0.2) is 24.5 Å². The summed E-state index contributed by atoms with van der Waals surface area (Å²) in [6, 6.07) is 2.88. The highest BCUT2D eigenvalue weighted by Gasteiger charge is 2.34. The Kier molecular flexibility index (Phi) is 8.23. The van der Waals surface area contributed by atoms with Crippen LogP contribution in [0.4, 0.5) is 36.0 Å². The third-order valence-electron chi connectivity index (χ3n) is 7.25. The van der Waals surface area contributed by atoms with Crippen molar-refractivity contribution in [3.05, 3.63) is 35.9 Å². The quantitative estimate of drug-likeness (QED) is 0.290. The monoisotopic (exact) mass is 622 g/mol. The number of carbonyl (C=O) groups is 3. The van der Waals surface area contributed by atoms with E-state index in [0.29, 0.717) is 28.1 Å². The number of fused-ring (bicyclic) bond motifs is 2. The summed E-state index contributed by atoms with van der Waals surface area (Å²) in [5.41, 5.74) is -0.427. The summed E-state index contributed by atoms with van der Waals surface area (Å²) in [4.78, 5) is 48.7. The van der Waals surface area contributed by atoms with E-state index in [1.165, 1.54) is 17.3 Å². The van der Waals surface area contributed by atoms with E-state index in [1.807, 2.05) is 6.92 Å². The second kappa shape index (κ2) is 11.7. The Hall–Kier alpha value is -4.68. The summed E-state index contributed by atoms with van der Waals surface area (Å²) in [7, 11) is 0. The normalized spacial score (nSPS) is 17.6. The van der Waals surface area contributed by atoms with Crippen LogP contribution in [-0.2, 0) is 9.47 Å². The fraction of sp³-hybridized carbons (Fsp3) is 0.469. The maximum absolute atomic E-state index is 16.5. The largest absolute Gasteiger partial charge is 0.474 e. The van der Waals surface area contributed by atoms with Gasteiger partial charge in [-0.25, -0.2) is 28.7 Å². The standard InChI is InChI=1S/C32H39FN6O6/c1-16-11-22(16)36-28(40)37-23-13-18-12-19(24(33)25(21(18)15-34-23)38-29(41)44-31(3,4)5)20-14-35-27-26(17(20)2)39(9-10-43-27)30(42)45-32(6,7)8/h12-16,22H,9-11H2,1-8H3,(H,38,41)(H2,34,36,37,40). The Morgan fingerprint density at radius 1 is 1.00 bits per heavy atom. The van der Waals surface area contributed by atoms with Gasteiger partial charge in [0.15, 0.2) is 5.82 Å². The van der Waals surface area contributed by atoms with E-state index in [4.69, 9.17) is 14.2 Å². The van der Waals surface area contributed by atoms with Gasteiger partial charge in [0, 0.05) is 34.9 Å². The Bertz CT molecular complexity index is 1680. The van der Waals surface area contributed by atoms with Gasteiger partial charge in [-0.2, -0.15) is 0 Å². The predicted octanol–water partition coefficient (Wildman–Crippen LogP) is 6.76. The van der Waals surface area contributed by atoms with Crippen molar-refractivity contribution >= 4 is 46.2 Å². The molecule has 3 aromatic rings. The minimum absolute atomic E-state index is 0.0875. The maximum atomic E-state index is 16.5. The number of aromatic nitrogens is 2. The van der Waals surface area contributed by atoms with Gasteiger partial charge < -0.3 is 19.5 Å². The number of ether oxygens (including phenoxy) is 3. The van der Waals surface area contributed by atoms with Crippen molar-refractivity contribution in [1.29, 1.82) is 0 Å². The molecular weight excluding hydrogens is 583 g/mol. The van der Waals surface area contributed by atoms with E-state index < -0.39 is 35.2 Å². The first-order chi connectivity index (χ1) is 21.0. The molecule has 2 atom stereocenters. The molecule has 0 spiro atoms. The third kappa shape index (κ3) is 7.18. The zero-order valence-electron chi connectivity index (χ0n) is 26.8. The maximum Gasteiger partial charge on any atom is 0.415 e. The lowest BCUT2D eigenvalue weighted by Crippen LogP contribution is -2.42. The van der Waals surface area contributed by atoms with E-state index in [-0.39, 0.29) is 47.5 Å². The van der Waals surface area contributed by atoms with Gasteiger partial charge in [0.05, 0.1) is 12.2 Å². The number of nitrogens with one attached hydrogen (secondary N) is 3. The molecule has 1 fully saturated rings. The van der Waals surface area contributed by atoms with Gasteiger partial charge in [-0.05, 0) is 83.9 Å². The molecule has 13 heteroatoms. The molecule has 45 heavy (non-hydrogen) atoms. The van der Waals surface area contributed by atoms with Gasteiger partial charge in [-0.3, -0.25) is 15.5 Å². The molecule has 0 radical (unpaired) electrons. The van der Waals surface area contributed by atoms with Gasteiger partial charge in [-0.1, -0.05) is 6.92 Å². The van der Waals surface area contributed by atoms with Crippen molar-refractivity contribution in [2.75, 3.05) is 28.7 Å². The number of hydrogen-bond acceptors (Lipinski definition) is 8. The molecule has 240 valence electrons. The number of carbonyl (C=O) groups excluding carboxylic acids is 3. The second-order valence-electron chi connectivity index (χ2n) is 13.4. The zero-order valence-corrected chi connectivity index (χ0v) is 26.8. The number of pyridine rings is 2. The fourth-order valence-corrected chi connectivity index (χ4v) is 5.02. The zero-order chi connectivity index (χ0) is 32.8. The molecule has 2 aliphatic rings. The number of benzene rings is 1. The Morgan fingerprint density at radius 2 is 1.69 bits per heavy atom. The lowest BCUT2D eigenvalue weighted by molar-refractivity contribution is 0.0565. The van der Waals surface area contributed by atoms with E-state index in [1.54, 1.807) is 60.6 Å². The highest BCUT2D eigenvalue weighted by atomic mass is 19.1. The summed E-state index contributed by atoms with van der Waals surface area (Å²) in [5, 5.41) is 8.91. The van der Waals surface area contributed by atoms with Crippen LogP contribution < -0.4 is 25.6 Å². The number of amides is 4. The van der Waals surface area contributed by atoms with Crippen LogP contribution in [0.25, 0.3) is 21.9 Å². The highest BCUT2D eigenvalue weighted by Crippen LogP contribution is 2.42. The molecule has 0 saturated heterocycles. The number of nitrogens with zero attached hydrogens (tertiary/aromatic N) is 3. The Morgan fingerprint density at radius 3 is 2.33 bits per heavy atom. The first-order valence-electron chi connectivity index (χ1n) is 14.8. The van der Waals surface area contributed by atoms with Gasteiger partial charge in [0.25, 0.3) is 0 Å². The first kappa shape index (κ1) is 31.7. The number of halogens is 1. The summed E-state index contributed by atoms with van der Waals surface area (Å²) < 4.78 is 33.3. The SMILES string of the molecule is Cc1c(-c2cc3cc(NC(=O)NC4CC4C)ncc3c(NC(=O)OC(C)(C)C)c2F)cnc2c1N(C(=O)OC(C)(C)C)CCO2. The van der Waals surface area contributed by atoms with Crippen LogP contribution in [0.2, 0.25) is 0 Å². The molecule has 5 rings (SSSR count). The van der Waals surface area contributed by atoms with Crippen molar-refractivity contribution < 1.29 is 33.0 Å². The average Bonchev–Trinajstić information content (AvgIpc) is 3.61. The molecule has 2 aromatic heterocycles. The van der Waals surface area contributed by atoms with Gasteiger partial charge in [0.1, 0.15) is 29.3 Å². The number of rotatable bonds is 4. The van der Waals surface area contributed by atoms with Crippen LogP contribution >= 0.6 is 0 Å². The van der Waals surface area contributed by atoms with Gasteiger partial charge in [-0.15, -0.1) is 0 Å². The number of anilines is 3. The van der Waals surface area contributed by atoms with Crippen LogP contribution in [0.1, 0.15) is 60.5 Å². The minimum Gasteiger partial charge on any atom is -0.474 e. The van der Waals surface area contributed by atoms with E-state index in [0.717, 1.165) is 6.42 Å². The first-order valence-corrected chi connectivity index (χ1v) is 14.8. The molecule has 3 heterocycles. The molecule has 0 bridgehead atoms. The lowest BCUT2D eigenvalue weighted by Gasteiger charge is -2.32. The molecule has 1 aliphatic heterocycles. The molecule has 1 aliphatic carbocycles. The minimum atomic E-state index is -0.857. The third-order valence-corrected chi connectivity index (χ3v) is 7.25. The van der Waals surface area contributed by atoms with Crippen molar-refractivity contribution in [2.24, 2.45) is 5.92 Å². The summed E-state index contributed by atoms with van der Waals surface area (Å²) in [6.45, 7) is 14.6. The Balaban J connectivity index is 1.61. The smallest absolute Gasteiger partial charge is 0.415 e. The summed E-state index contributed by atoms with van der Waals surface area (Å²) >= 11 is 0. The van der Waals surface area contributed by atoms with Crippen LogP contribution in [-0.4, -0.2) is 58.6 Å². The molecule has 3 N–H and O–H groups in total. The lowest BCUT2D eigenvalue weighted by atomic mass is 9.96. The average molecular weight is 623 g/mol. The summed E-state index contributed by atoms with van der Waals surface area (Å²) in [6.07, 6.45) is 2.30. The predicted molar refractivity (Wildman–Crippen MR) is 168 cm³/mol. The molecular formula is C32H39FN6O6. The van der Waals surface area contributed by atoms with Crippen molar-refractivity contribution in [1.82, 2.24) is 15.3 Å². The summed E-state index contributed by atoms with van der Waals surface area (Å²) in [5.74, 6) is 0.103. The van der Waals surface area contributed by atoms with E-state index in [9.17, 15) is 14.4 Å². The molecule has 1 saturated carbocycles. The molecule has 4 amide bonds. The van der Waals surface area contributed by atoms with Crippen molar-refractivity contribution in [3.63, 3.8) is 0 Å². The molecule has 1 aromatic carbocycles. The molecule has 2 unspecified atom stereocenters. The van der Waals surface area contributed by atoms with Crippen molar-refractivity contribution in [2.45, 2.75) is 79.1 Å². The van der Waals surface area contributed by atoms with Gasteiger partial charge in [0.2, 0.25) is 5.88 Å². The van der Waals surface area contributed by atoms with Gasteiger partial charge >= 0.3 is 18.2 Å². The Labute approximate surface area is 261 Å². The highest BCUT2D eigenvalue weighted by molar-refractivity contribution is 6.05. The van der Waals surface area contributed by atoms with E-state index >= 15 is 4.39 Å².